The molecule has 0 fully saturated rings. The second-order valence-electron chi connectivity index (χ2n) is 1.89. The highest BCUT2D eigenvalue weighted by Gasteiger charge is 2.01. The van der Waals surface area contributed by atoms with Gasteiger partial charge in [0.05, 0.1) is 0 Å². The summed E-state index contributed by atoms with van der Waals surface area (Å²) in [6, 6.07) is 4.17. The summed E-state index contributed by atoms with van der Waals surface area (Å²) in [5.74, 6) is -0.463. The molecule has 4 heteroatoms. The van der Waals surface area contributed by atoms with E-state index in [4.69, 9.17) is 16.6 Å². The molecule has 0 unspecified atom stereocenters. The van der Waals surface area contributed by atoms with Gasteiger partial charge in [0, 0.05) is 5.02 Å². The van der Waals surface area contributed by atoms with Gasteiger partial charge in [-0.15, -0.1) is 0 Å². The fraction of sp³-hybridized carbons (Fsp3) is 0. The summed E-state index contributed by atoms with van der Waals surface area (Å²) in [6.45, 7) is 0. The number of halogens is 2. The molecule has 0 saturated heterocycles. The maximum absolute atomic E-state index is 12.6. The van der Waals surface area contributed by atoms with E-state index in [2.05, 4.69) is 0 Å². The molecular formula is C6H5BClFO. The summed E-state index contributed by atoms with van der Waals surface area (Å²) in [4.78, 5) is 0. The van der Waals surface area contributed by atoms with E-state index in [1.165, 1.54) is 18.2 Å². The Bertz CT molecular complexity index is 241. The Balaban J connectivity index is 3.07. The molecule has 0 aliphatic rings. The van der Waals surface area contributed by atoms with Gasteiger partial charge < -0.3 is 5.02 Å². The van der Waals surface area contributed by atoms with Gasteiger partial charge in [0.2, 0.25) is 0 Å². The number of hydrogen-bond acceptors (Lipinski definition) is 1. The van der Waals surface area contributed by atoms with Crippen LogP contribution in [-0.4, -0.2) is 12.5 Å². The maximum Gasteiger partial charge on any atom is 0.307 e. The molecule has 10 heavy (non-hydrogen) atoms. The lowest BCUT2D eigenvalue weighted by atomic mass is 9.88. The molecule has 0 bridgehead atoms. The Morgan fingerprint density at radius 2 is 2.20 bits per heavy atom. The minimum Gasteiger partial charge on any atom is -0.449 e. The summed E-state index contributed by atoms with van der Waals surface area (Å²) in [7, 11) is -0.289. The summed E-state index contributed by atoms with van der Waals surface area (Å²) in [5.41, 5.74) is 0.268. The molecule has 1 aromatic carbocycles. The molecule has 1 nitrogen and oxygen atoms in total. The lowest BCUT2D eigenvalue weighted by Crippen LogP contribution is -2.17. The molecule has 1 rings (SSSR count). The molecule has 0 heterocycles. The van der Waals surface area contributed by atoms with Crippen LogP contribution < -0.4 is 5.46 Å². The van der Waals surface area contributed by atoms with Crippen molar-refractivity contribution in [1.82, 2.24) is 0 Å². The van der Waals surface area contributed by atoms with E-state index in [1.54, 1.807) is 0 Å². The molecule has 0 saturated carbocycles. The van der Waals surface area contributed by atoms with Gasteiger partial charge in [0.1, 0.15) is 5.82 Å². The summed E-state index contributed by atoms with van der Waals surface area (Å²) in [6.07, 6.45) is 0. The first-order valence-corrected chi connectivity index (χ1v) is 3.16. The van der Waals surface area contributed by atoms with Crippen molar-refractivity contribution in [2.45, 2.75) is 0 Å². The van der Waals surface area contributed by atoms with E-state index in [1.807, 2.05) is 0 Å². The van der Waals surface area contributed by atoms with Crippen LogP contribution in [0.4, 0.5) is 4.39 Å². The predicted molar refractivity (Wildman–Crippen MR) is 40.4 cm³/mol. The van der Waals surface area contributed by atoms with Gasteiger partial charge in [-0.1, -0.05) is 17.7 Å². The Morgan fingerprint density at radius 3 is 2.70 bits per heavy atom. The lowest BCUT2D eigenvalue weighted by molar-refractivity contribution is 0.602. The molecule has 0 spiro atoms. The van der Waals surface area contributed by atoms with Crippen LogP contribution in [0, 0.1) is 5.82 Å². The third-order valence-electron chi connectivity index (χ3n) is 1.19. The lowest BCUT2D eigenvalue weighted by Gasteiger charge is -1.95. The van der Waals surface area contributed by atoms with Gasteiger partial charge in [0.25, 0.3) is 0 Å². The van der Waals surface area contributed by atoms with E-state index in [-0.39, 0.29) is 12.9 Å². The summed E-state index contributed by atoms with van der Waals surface area (Å²) in [5, 5.41) is 8.87. The predicted octanol–water partition coefficient (Wildman–Crippen LogP) is 0.448. The Hall–Kier alpha value is -0.535. The van der Waals surface area contributed by atoms with Crippen molar-refractivity contribution in [3.63, 3.8) is 0 Å². The second kappa shape index (κ2) is 3.04. The van der Waals surface area contributed by atoms with Crippen molar-refractivity contribution in [2.24, 2.45) is 0 Å². The van der Waals surface area contributed by atoms with Crippen LogP contribution in [0.3, 0.4) is 0 Å². The molecule has 52 valence electrons. The van der Waals surface area contributed by atoms with Crippen molar-refractivity contribution in [3.05, 3.63) is 29.0 Å². The number of rotatable bonds is 1. The first-order chi connectivity index (χ1) is 4.74. The molecule has 1 aromatic rings. The highest BCUT2D eigenvalue weighted by molar-refractivity contribution is 6.45. The highest BCUT2D eigenvalue weighted by atomic mass is 35.5. The van der Waals surface area contributed by atoms with E-state index in [9.17, 15) is 4.39 Å². The zero-order valence-electron chi connectivity index (χ0n) is 5.14. The van der Waals surface area contributed by atoms with Crippen LogP contribution in [0.15, 0.2) is 18.2 Å². The summed E-state index contributed by atoms with van der Waals surface area (Å²) < 4.78 is 12.6. The maximum atomic E-state index is 12.6. The van der Waals surface area contributed by atoms with Gasteiger partial charge in [-0.2, -0.15) is 0 Å². The highest BCUT2D eigenvalue weighted by Crippen LogP contribution is 2.06. The van der Waals surface area contributed by atoms with Crippen LogP contribution >= 0.6 is 11.6 Å². The van der Waals surface area contributed by atoms with Crippen molar-refractivity contribution in [3.8, 4) is 0 Å². The quantitative estimate of drug-likeness (QED) is 0.588. The largest absolute Gasteiger partial charge is 0.449 e. The van der Waals surface area contributed by atoms with Gasteiger partial charge in [-0.25, -0.2) is 4.39 Å². The topological polar surface area (TPSA) is 20.2 Å². The Labute approximate surface area is 63.7 Å². The first-order valence-electron chi connectivity index (χ1n) is 2.79. The zero-order chi connectivity index (χ0) is 7.56. The molecule has 0 atom stereocenters. The molecule has 0 aliphatic carbocycles. The number of benzene rings is 1. The first kappa shape index (κ1) is 7.57. The van der Waals surface area contributed by atoms with Crippen LogP contribution in [0.1, 0.15) is 0 Å². The normalized spacial score (nSPS) is 9.50. The molecular weight excluding hydrogens is 153 g/mol. The van der Waals surface area contributed by atoms with Crippen LogP contribution in [0.2, 0.25) is 5.02 Å². The van der Waals surface area contributed by atoms with Gasteiger partial charge in [-0.3, -0.25) is 0 Å². The third-order valence-corrected chi connectivity index (χ3v) is 1.42. The van der Waals surface area contributed by atoms with Crippen LogP contribution in [0.5, 0.6) is 0 Å². The summed E-state index contributed by atoms with van der Waals surface area (Å²) >= 11 is 5.45. The number of hydrogen-bond donors (Lipinski definition) is 1. The minimum absolute atomic E-state index is 0.268. The van der Waals surface area contributed by atoms with Crippen molar-refractivity contribution in [2.75, 3.05) is 0 Å². The molecule has 0 aromatic heterocycles. The minimum atomic E-state index is -0.463. The van der Waals surface area contributed by atoms with E-state index in [0.717, 1.165) is 0 Å². The monoisotopic (exact) mass is 158 g/mol. The van der Waals surface area contributed by atoms with Crippen molar-refractivity contribution < 1.29 is 9.41 Å². The smallest absolute Gasteiger partial charge is 0.307 e. The SMILES string of the molecule is OBc1ccc(Cl)cc1F. The fourth-order valence-corrected chi connectivity index (χ4v) is 0.809. The van der Waals surface area contributed by atoms with Gasteiger partial charge >= 0.3 is 7.48 Å². The molecule has 0 amide bonds. The Morgan fingerprint density at radius 1 is 1.50 bits per heavy atom. The van der Waals surface area contributed by atoms with E-state index >= 15 is 0 Å². The molecule has 0 radical (unpaired) electrons. The van der Waals surface area contributed by atoms with Crippen molar-refractivity contribution >= 4 is 24.5 Å². The molecule has 1 N–H and O–H groups in total. The third kappa shape index (κ3) is 1.49. The van der Waals surface area contributed by atoms with E-state index < -0.39 is 5.82 Å². The average molecular weight is 158 g/mol. The molecule has 0 aliphatic heterocycles. The standard InChI is InChI=1S/C6H5BClFO/c8-4-1-2-5(7-10)6(9)3-4/h1-3,7,10H. The second-order valence-corrected chi connectivity index (χ2v) is 2.33. The van der Waals surface area contributed by atoms with Gasteiger partial charge in [0.15, 0.2) is 0 Å². The van der Waals surface area contributed by atoms with Gasteiger partial charge in [-0.05, 0) is 17.6 Å². The van der Waals surface area contributed by atoms with Crippen molar-refractivity contribution in [1.29, 1.82) is 0 Å². The average Bonchev–Trinajstić information content (AvgIpc) is 1.88. The van der Waals surface area contributed by atoms with Crippen LogP contribution in [0.25, 0.3) is 0 Å². The van der Waals surface area contributed by atoms with E-state index in [0.29, 0.717) is 5.02 Å². The zero-order valence-corrected chi connectivity index (χ0v) is 5.90. The Kier molecular flexibility index (Phi) is 2.30. The van der Waals surface area contributed by atoms with Crippen LogP contribution in [-0.2, 0) is 0 Å². The fourth-order valence-electron chi connectivity index (χ4n) is 0.650.